The van der Waals surface area contributed by atoms with Crippen molar-refractivity contribution in [1.82, 2.24) is 4.98 Å². The molecule has 0 radical (unpaired) electrons. The van der Waals surface area contributed by atoms with Gasteiger partial charge in [0.15, 0.2) is 11.2 Å². The summed E-state index contributed by atoms with van der Waals surface area (Å²) in [5.41, 5.74) is 2.97. The number of benzene rings is 2. The van der Waals surface area contributed by atoms with E-state index in [1.54, 1.807) is 13.0 Å². The van der Waals surface area contributed by atoms with Crippen LogP contribution in [0.4, 0.5) is 5.13 Å². The van der Waals surface area contributed by atoms with Crippen molar-refractivity contribution < 1.29 is 9.53 Å². The number of anilines is 1. The summed E-state index contributed by atoms with van der Waals surface area (Å²) < 4.78 is 6.70. The lowest BCUT2D eigenvalue weighted by Gasteiger charge is -2.15. The highest BCUT2D eigenvalue weighted by molar-refractivity contribution is 7.22. The fourth-order valence-electron chi connectivity index (χ4n) is 2.33. The lowest BCUT2D eigenvalue weighted by molar-refractivity contribution is -0.122. The van der Waals surface area contributed by atoms with Gasteiger partial charge in [0.25, 0.3) is 5.91 Å². The molecule has 4 nitrogen and oxygen atoms in total. The molecule has 0 spiro atoms. The molecule has 3 aromatic rings. The molecule has 24 heavy (non-hydrogen) atoms. The number of aromatic nitrogens is 1. The minimum atomic E-state index is -0.623. The second kappa shape index (κ2) is 6.79. The van der Waals surface area contributed by atoms with Crippen LogP contribution in [0.1, 0.15) is 18.1 Å². The third kappa shape index (κ3) is 3.68. The van der Waals surface area contributed by atoms with E-state index in [0.29, 0.717) is 15.9 Å². The molecule has 2 aromatic carbocycles. The zero-order valence-corrected chi connectivity index (χ0v) is 15.2. The molecule has 124 valence electrons. The van der Waals surface area contributed by atoms with Crippen LogP contribution in [0, 0.1) is 13.8 Å². The Morgan fingerprint density at radius 3 is 2.79 bits per heavy atom. The summed E-state index contributed by atoms with van der Waals surface area (Å²) in [6, 6.07) is 11.3. The van der Waals surface area contributed by atoms with Gasteiger partial charge in [-0.05, 0) is 50.6 Å². The first-order valence-corrected chi connectivity index (χ1v) is 8.72. The van der Waals surface area contributed by atoms with Crippen molar-refractivity contribution in [2.75, 3.05) is 5.32 Å². The zero-order chi connectivity index (χ0) is 17.3. The lowest BCUT2D eigenvalue weighted by Crippen LogP contribution is -2.30. The number of nitrogens with zero attached hydrogens (tertiary/aromatic N) is 1. The van der Waals surface area contributed by atoms with Crippen LogP contribution in [-0.4, -0.2) is 17.0 Å². The Kier molecular flexibility index (Phi) is 4.73. The quantitative estimate of drug-likeness (QED) is 0.714. The van der Waals surface area contributed by atoms with Crippen molar-refractivity contribution in [3.05, 3.63) is 52.5 Å². The molecule has 1 N–H and O–H groups in total. The van der Waals surface area contributed by atoms with E-state index in [9.17, 15) is 4.79 Å². The number of rotatable bonds is 4. The molecule has 1 atom stereocenters. The number of thiazole rings is 1. The van der Waals surface area contributed by atoms with Crippen LogP contribution in [-0.2, 0) is 4.79 Å². The largest absolute Gasteiger partial charge is 0.481 e. The minimum Gasteiger partial charge on any atom is -0.481 e. The zero-order valence-electron chi connectivity index (χ0n) is 13.6. The summed E-state index contributed by atoms with van der Waals surface area (Å²) in [4.78, 5) is 16.7. The van der Waals surface area contributed by atoms with Gasteiger partial charge in [-0.25, -0.2) is 4.98 Å². The Morgan fingerprint density at radius 2 is 2.04 bits per heavy atom. The van der Waals surface area contributed by atoms with Gasteiger partial charge in [0.05, 0.1) is 10.2 Å². The Hall–Kier alpha value is -2.11. The van der Waals surface area contributed by atoms with E-state index in [2.05, 4.69) is 10.3 Å². The van der Waals surface area contributed by atoms with E-state index in [4.69, 9.17) is 16.3 Å². The molecular formula is C18H17ClN2O2S. The second-order valence-corrected chi connectivity index (χ2v) is 7.12. The molecule has 0 saturated heterocycles. The molecule has 3 rings (SSSR count). The minimum absolute atomic E-state index is 0.236. The predicted molar refractivity (Wildman–Crippen MR) is 99.3 cm³/mol. The summed E-state index contributed by atoms with van der Waals surface area (Å²) >= 11 is 7.36. The third-order valence-corrected chi connectivity index (χ3v) is 4.75. The van der Waals surface area contributed by atoms with E-state index in [1.165, 1.54) is 11.3 Å². The summed E-state index contributed by atoms with van der Waals surface area (Å²) in [6.45, 7) is 5.70. The first-order valence-electron chi connectivity index (χ1n) is 7.53. The topological polar surface area (TPSA) is 51.2 Å². The molecule has 1 amide bonds. The number of fused-ring (bicyclic) bond motifs is 1. The highest BCUT2D eigenvalue weighted by Gasteiger charge is 2.17. The van der Waals surface area contributed by atoms with E-state index in [-0.39, 0.29) is 5.91 Å². The van der Waals surface area contributed by atoms with Gasteiger partial charge in [-0.3, -0.25) is 10.1 Å². The van der Waals surface area contributed by atoms with Gasteiger partial charge in [-0.2, -0.15) is 0 Å². The van der Waals surface area contributed by atoms with E-state index in [0.717, 1.165) is 21.3 Å². The Morgan fingerprint density at radius 1 is 1.25 bits per heavy atom. The molecule has 0 bridgehead atoms. The van der Waals surface area contributed by atoms with Crippen LogP contribution >= 0.6 is 22.9 Å². The average Bonchev–Trinajstić information content (AvgIpc) is 2.91. The molecule has 0 fully saturated rings. The van der Waals surface area contributed by atoms with Crippen molar-refractivity contribution in [3.63, 3.8) is 0 Å². The lowest BCUT2D eigenvalue weighted by atomic mass is 10.1. The number of aryl methyl sites for hydroxylation is 2. The normalized spacial score (nSPS) is 12.2. The highest BCUT2D eigenvalue weighted by Crippen LogP contribution is 2.28. The van der Waals surface area contributed by atoms with Crippen molar-refractivity contribution in [1.29, 1.82) is 0 Å². The molecule has 0 aliphatic carbocycles. The van der Waals surface area contributed by atoms with Crippen LogP contribution in [0.15, 0.2) is 36.4 Å². The van der Waals surface area contributed by atoms with Gasteiger partial charge in [-0.15, -0.1) is 0 Å². The standard InChI is InChI=1S/C18H17ClN2O2S/c1-10-4-7-15(11(2)8-10)23-12(3)17(22)21-18-20-14-6-5-13(19)9-16(14)24-18/h4-9,12H,1-3H3,(H,20,21,22). The number of halogens is 1. The predicted octanol–water partition coefficient (Wildman–Crippen LogP) is 4.97. The Bertz CT molecular complexity index is 907. The summed E-state index contributed by atoms with van der Waals surface area (Å²) in [6.07, 6.45) is -0.623. The highest BCUT2D eigenvalue weighted by atomic mass is 35.5. The van der Waals surface area contributed by atoms with Crippen molar-refractivity contribution in [2.45, 2.75) is 26.9 Å². The molecular weight excluding hydrogens is 344 g/mol. The number of amides is 1. The number of hydrogen-bond donors (Lipinski definition) is 1. The molecule has 0 aliphatic rings. The number of hydrogen-bond acceptors (Lipinski definition) is 4. The fourth-order valence-corrected chi connectivity index (χ4v) is 3.48. The molecule has 1 heterocycles. The smallest absolute Gasteiger partial charge is 0.266 e. The molecule has 1 aromatic heterocycles. The second-order valence-electron chi connectivity index (χ2n) is 5.65. The number of nitrogens with one attached hydrogen (secondary N) is 1. The van der Waals surface area contributed by atoms with Crippen molar-refractivity contribution in [2.24, 2.45) is 0 Å². The molecule has 0 aliphatic heterocycles. The fraction of sp³-hybridized carbons (Fsp3) is 0.222. The first kappa shape index (κ1) is 16.7. The average molecular weight is 361 g/mol. The number of carbonyl (C=O) groups excluding carboxylic acids is 1. The molecule has 6 heteroatoms. The van der Waals surface area contributed by atoms with E-state index < -0.39 is 6.10 Å². The van der Waals surface area contributed by atoms with Crippen LogP contribution in [0.25, 0.3) is 10.2 Å². The van der Waals surface area contributed by atoms with E-state index >= 15 is 0 Å². The first-order chi connectivity index (χ1) is 11.4. The Labute approximate surface area is 149 Å². The van der Waals surface area contributed by atoms with Gasteiger partial charge >= 0.3 is 0 Å². The number of ether oxygens (including phenoxy) is 1. The van der Waals surface area contributed by atoms with E-state index in [1.807, 2.05) is 44.2 Å². The maximum atomic E-state index is 12.3. The third-order valence-electron chi connectivity index (χ3n) is 3.58. The summed E-state index contributed by atoms with van der Waals surface area (Å²) in [7, 11) is 0. The van der Waals surface area contributed by atoms with Gasteiger partial charge in [0, 0.05) is 5.02 Å². The van der Waals surface area contributed by atoms with Gasteiger partial charge < -0.3 is 4.74 Å². The SMILES string of the molecule is Cc1ccc(OC(C)C(=O)Nc2nc3ccc(Cl)cc3s2)c(C)c1. The van der Waals surface area contributed by atoms with Crippen molar-refractivity contribution in [3.8, 4) is 5.75 Å². The van der Waals surface area contributed by atoms with Crippen molar-refractivity contribution >= 4 is 44.2 Å². The van der Waals surface area contributed by atoms with Gasteiger partial charge in [0.1, 0.15) is 5.75 Å². The molecule has 0 saturated carbocycles. The maximum absolute atomic E-state index is 12.3. The van der Waals surface area contributed by atoms with Gasteiger partial charge in [0.2, 0.25) is 0 Å². The van der Waals surface area contributed by atoms with Crippen LogP contribution in [0.5, 0.6) is 5.75 Å². The van der Waals surface area contributed by atoms with Crippen LogP contribution < -0.4 is 10.1 Å². The Balaban J connectivity index is 1.70. The number of carbonyl (C=O) groups is 1. The summed E-state index contributed by atoms with van der Waals surface area (Å²) in [5.74, 6) is 0.472. The summed E-state index contributed by atoms with van der Waals surface area (Å²) in [5, 5.41) is 3.99. The van der Waals surface area contributed by atoms with Crippen LogP contribution in [0.2, 0.25) is 5.02 Å². The van der Waals surface area contributed by atoms with Crippen LogP contribution in [0.3, 0.4) is 0 Å². The maximum Gasteiger partial charge on any atom is 0.266 e. The van der Waals surface area contributed by atoms with Gasteiger partial charge in [-0.1, -0.05) is 40.6 Å². The molecule has 1 unspecified atom stereocenters. The monoisotopic (exact) mass is 360 g/mol.